The van der Waals surface area contributed by atoms with Crippen LogP contribution in [0.2, 0.25) is 5.02 Å². The van der Waals surface area contributed by atoms with Crippen LogP contribution in [0.25, 0.3) is 10.2 Å². The Morgan fingerprint density at radius 1 is 1.22 bits per heavy atom. The topological polar surface area (TPSA) is 124 Å². The highest BCUT2D eigenvalue weighted by Gasteiger charge is 2.28. The summed E-state index contributed by atoms with van der Waals surface area (Å²) in [7, 11) is -2.88. The molecule has 3 aromatic rings. The van der Waals surface area contributed by atoms with Crippen LogP contribution in [0, 0.1) is 0 Å². The molecule has 0 aliphatic heterocycles. The van der Waals surface area contributed by atoms with Gasteiger partial charge >= 0.3 is 5.97 Å². The summed E-state index contributed by atoms with van der Waals surface area (Å²) >= 11 is 8.51. The van der Waals surface area contributed by atoms with Gasteiger partial charge in [0.15, 0.2) is 14.6 Å². The Hall–Kier alpha value is -2.80. The summed E-state index contributed by atoms with van der Waals surface area (Å²) in [5.41, 5.74) is 1.89. The number of nitrogens with zero attached hydrogens (tertiary/aromatic N) is 2. The number of thiophene rings is 1. The zero-order chi connectivity index (χ0) is 26.7. The number of methoxy groups -OCH3 is 1. The van der Waals surface area contributed by atoms with Crippen LogP contribution in [-0.2, 0) is 43.5 Å². The van der Waals surface area contributed by atoms with Gasteiger partial charge in [0.05, 0.1) is 22.9 Å². The van der Waals surface area contributed by atoms with Gasteiger partial charge in [-0.1, -0.05) is 29.0 Å². The number of halogens is 1. The largest absolute Gasteiger partial charge is 0.465 e. The molecule has 0 saturated heterocycles. The number of carbonyl (C=O) groups is 3. The van der Waals surface area contributed by atoms with Crippen molar-refractivity contribution in [2.45, 2.75) is 32.2 Å². The van der Waals surface area contributed by atoms with Crippen molar-refractivity contribution in [2.24, 2.45) is 4.99 Å². The first-order chi connectivity index (χ1) is 17.6. The van der Waals surface area contributed by atoms with Crippen LogP contribution in [0.5, 0.6) is 0 Å². The number of allylic oxidation sites excluding steroid dienone is 1. The minimum absolute atomic E-state index is 0.268. The first-order valence-corrected chi connectivity index (χ1v) is 15.2. The van der Waals surface area contributed by atoms with E-state index in [1.54, 1.807) is 28.8 Å². The number of nitrogens with one attached hydrogen (secondary N) is 1. The molecule has 0 atom stereocenters. The van der Waals surface area contributed by atoms with E-state index in [4.69, 9.17) is 16.3 Å². The molecular formula is C24H24ClN3O6S3. The highest BCUT2D eigenvalue weighted by molar-refractivity contribution is 7.92. The third-order valence-electron chi connectivity index (χ3n) is 5.68. The van der Waals surface area contributed by atoms with Crippen LogP contribution in [0.1, 0.15) is 33.6 Å². The van der Waals surface area contributed by atoms with Gasteiger partial charge in [0, 0.05) is 16.4 Å². The van der Waals surface area contributed by atoms with E-state index >= 15 is 0 Å². The van der Waals surface area contributed by atoms with E-state index in [1.807, 2.05) is 0 Å². The zero-order valence-electron chi connectivity index (χ0n) is 19.9. The number of rotatable bonds is 8. The Morgan fingerprint density at radius 3 is 2.70 bits per heavy atom. The van der Waals surface area contributed by atoms with Gasteiger partial charge in [0.25, 0.3) is 5.91 Å². The Labute approximate surface area is 226 Å². The van der Waals surface area contributed by atoms with Gasteiger partial charge < -0.3 is 14.6 Å². The second kappa shape index (κ2) is 11.3. The summed E-state index contributed by atoms with van der Waals surface area (Å²) in [4.78, 5) is 42.8. The van der Waals surface area contributed by atoms with Crippen molar-refractivity contribution < 1.29 is 27.5 Å². The predicted molar refractivity (Wildman–Crippen MR) is 145 cm³/mol. The van der Waals surface area contributed by atoms with Crippen LogP contribution in [0.3, 0.4) is 0 Å². The normalized spacial score (nSPS) is 13.8. The van der Waals surface area contributed by atoms with Crippen molar-refractivity contribution in [3.05, 3.63) is 56.7 Å². The molecule has 4 rings (SSSR count). The fraction of sp³-hybridized carbons (Fsp3) is 0.333. The van der Waals surface area contributed by atoms with Crippen LogP contribution in [-0.4, -0.2) is 49.4 Å². The summed E-state index contributed by atoms with van der Waals surface area (Å²) in [5.74, 6) is -4.18. The third kappa shape index (κ3) is 6.20. The predicted octanol–water partition coefficient (Wildman–Crippen LogP) is 3.75. The molecule has 0 bridgehead atoms. The summed E-state index contributed by atoms with van der Waals surface area (Å²) in [6, 6.07) is 5.23. The first-order valence-electron chi connectivity index (χ1n) is 11.3. The maximum Gasteiger partial charge on any atom is 0.341 e. The van der Waals surface area contributed by atoms with Crippen molar-refractivity contribution in [1.82, 2.24) is 4.57 Å². The highest BCUT2D eigenvalue weighted by Crippen LogP contribution is 2.38. The molecule has 1 aromatic carbocycles. The lowest BCUT2D eigenvalue weighted by molar-refractivity contribution is -0.115. The quantitative estimate of drug-likeness (QED) is 0.319. The van der Waals surface area contributed by atoms with Gasteiger partial charge in [-0.15, -0.1) is 17.9 Å². The molecule has 13 heteroatoms. The molecule has 196 valence electrons. The van der Waals surface area contributed by atoms with E-state index in [1.165, 1.54) is 29.8 Å². The van der Waals surface area contributed by atoms with Crippen LogP contribution in [0.15, 0.2) is 35.8 Å². The molecule has 1 aliphatic rings. The fourth-order valence-corrected chi connectivity index (χ4v) is 7.79. The van der Waals surface area contributed by atoms with Crippen molar-refractivity contribution in [3.63, 3.8) is 0 Å². The summed E-state index contributed by atoms with van der Waals surface area (Å²) in [6.07, 6.45) is 5.00. The van der Waals surface area contributed by atoms with Crippen molar-refractivity contribution in [3.8, 4) is 0 Å². The summed E-state index contributed by atoms with van der Waals surface area (Å²) in [5, 5.41) is 3.33. The number of thiazole rings is 1. The summed E-state index contributed by atoms with van der Waals surface area (Å²) in [6.45, 7) is 4.07. The number of ether oxygens (including phenoxy) is 1. The minimum Gasteiger partial charge on any atom is -0.465 e. The average molecular weight is 582 g/mol. The van der Waals surface area contributed by atoms with Gasteiger partial charge in [0.2, 0.25) is 5.91 Å². The Balaban J connectivity index is 1.51. The molecule has 1 N–H and O–H groups in total. The molecule has 0 unspecified atom stereocenters. The molecular weight excluding hydrogens is 558 g/mol. The molecule has 2 heterocycles. The smallest absolute Gasteiger partial charge is 0.341 e. The van der Waals surface area contributed by atoms with E-state index in [2.05, 4.69) is 16.9 Å². The number of anilines is 1. The number of hydrogen-bond donors (Lipinski definition) is 1. The minimum atomic E-state index is -4.14. The summed E-state index contributed by atoms with van der Waals surface area (Å²) < 4.78 is 32.7. The SMILES string of the molecule is C=CCn1c(=NC(=O)CS(=O)(=O)CC(=O)Nc2sc3c(c2C(=O)OC)CCCC3)sc2cc(Cl)ccc21. The Kier molecular flexibility index (Phi) is 8.32. The van der Waals surface area contributed by atoms with E-state index in [0.717, 1.165) is 39.9 Å². The fourth-order valence-electron chi connectivity index (χ4n) is 4.15. The third-order valence-corrected chi connectivity index (χ3v) is 9.56. The number of fused-ring (bicyclic) bond motifs is 2. The molecule has 9 nitrogen and oxygen atoms in total. The van der Waals surface area contributed by atoms with Gasteiger partial charge in [-0.25, -0.2) is 13.2 Å². The number of hydrogen-bond acceptors (Lipinski definition) is 8. The van der Waals surface area contributed by atoms with Gasteiger partial charge in [-0.05, 0) is 49.4 Å². The van der Waals surface area contributed by atoms with Gasteiger partial charge in [0.1, 0.15) is 16.5 Å². The zero-order valence-corrected chi connectivity index (χ0v) is 23.1. The van der Waals surface area contributed by atoms with E-state index in [0.29, 0.717) is 22.8 Å². The second-order valence-corrected chi connectivity index (χ2v) is 13.0. The van der Waals surface area contributed by atoms with Gasteiger partial charge in [-0.3, -0.25) is 9.59 Å². The average Bonchev–Trinajstić information content (AvgIpc) is 3.34. The Bertz CT molecular complexity index is 1580. The van der Waals surface area contributed by atoms with E-state index in [9.17, 15) is 22.8 Å². The number of sulfone groups is 1. The monoisotopic (exact) mass is 581 g/mol. The molecule has 0 fully saturated rings. The molecule has 0 spiro atoms. The maximum absolute atomic E-state index is 12.7. The van der Waals surface area contributed by atoms with Crippen LogP contribution < -0.4 is 10.1 Å². The van der Waals surface area contributed by atoms with Crippen molar-refractivity contribution >= 4 is 77.1 Å². The van der Waals surface area contributed by atoms with E-state index in [-0.39, 0.29) is 10.6 Å². The number of benzene rings is 1. The second-order valence-electron chi connectivity index (χ2n) is 8.39. The maximum atomic E-state index is 12.7. The van der Waals surface area contributed by atoms with Gasteiger partial charge in [-0.2, -0.15) is 4.99 Å². The highest BCUT2D eigenvalue weighted by atomic mass is 35.5. The lowest BCUT2D eigenvalue weighted by Gasteiger charge is -2.11. The Morgan fingerprint density at radius 2 is 1.97 bits per heavy atom. The number of carbonyl (C=O) groups excluding carboxylic acids is 3. The molecule has 2 aromatic heterocycles. The molecule has 0 saturated carbocycles. The first kappa shape index (κ1) is 27.2. The van der Waals surface area contributed by atoms with E-state index < -0.39 is 39.1 Å². The lowest BCUT2D eigenvalue weighted by Crippen LogP contribution is -2.28. The number of esters is 1. The molecule has 2 amide bonds. The molecule has 0 radical (unpaired) electrons. The standard InChI is InChI=1S/C24H24ClN3O6S3/c1-3-10-28-16-9-8-14(25)11-18(16)36-24(28)27-20(30)13-37(32,33)12-19(29)26-22-21(23(31)34-2)15-6-4-5-7-17(15)35-22/h3,8-9,11H,1,4-7,10,12-13H2,2H3,(H,26,29). The van der Waals surface area contributed by atoms with Crippen molar-refractivity contribution in [1.29, 1.82) is 0 Å². The molecule has 1 aliphatic carbocycles. The number of amides is 2. The van der Waals surface area contributed by atoms with Crippen LogP contribution in [0.4, 0.5) is 5.00 Å². The number of aromatic nitrogens is 1. The lowest BCUT2D eigenvalue weighted by atomic mass is 9.95. The van der Waals surface area contributed by atoms with Crippen molar-refractivity contribution in [2.75, 3.05) is 23.9 Å². The molecule has 37 heavy (non-hydrogen) atoms. The van der Waals surface area contributed by atoms with Crippen LogP contribution >= 0.6 is 34.3 Å². The number of aryl methyl sites for hydroxylation is 1.